The minimum Gasteiger partial charge on any atom is -0.380 e. The van der Waals surface area contributed by atoms with Gasteiger partial charge in [0.15, 0.2) is 0 Å². The molecule has 1 amide bonds. The highest BCUT2D eigenvalue weighted by Crippen LogP contribution is 1.69. The van der Waals surface area contributed by atoms with E-state index in [2.05, 4.69) is 28.6 Å². The van der Waals surface area contributed by atoms with Crippen LogP contribution in [0.15, 0.2) is 0 Å². The zero-order chi connectivity index (χ0) is 16.0. The van der Waals surface area contributed by atoms with Gasteiger partial charge in [-0.1, -0.05) is 33.5 Å². The van der Waals surface area contributed by atoms with Crippen LogP contribution in [0.1, 0.15) is 51.7 Å². The summed E-state index contributed by atoms with van der Waals surface area (Å²) in [7, 11) is 0. The van der Waals surface area contributed by atoms with Crippen LogP contribution in [0.5, 0.6) is 0 Å². The molecule has 4 N–H and O–H groups in total. The first kappa shape index (κ1) is 16.3. The van der Waals surface area contributed by atoms with Crippen molar-refractivity contribution in [3.8, 4) is 0 Å². The van der Waals surface area contributed by atoms with E-state index in [0.29, 0.717) is 12.1 Å². The Labute approximate surface area is 117 Å². The van der Waals surface area contributed by atoms with Gasteiger partial charge in [-0.15, -0.1) is 0 Å². The van der Waals surface area contributed by atoms with Crippen molar-refractivity contribution in [2.24, 2.45) is 5.73 Å². The second-order valence-electron chi connectivity index (χ2n) is 3.96. The Kier molecular flexibility index (Phi) is 19.9. The molecule has 0 aromatic heterocycles. The van der Waals surface area contributed by atoms with E-state index in [1.807, 2.05) is 41.5 Å². The van der Waals surface area contributed by atoms with Gasteiger partial charge in [-0.3, -0.25) is 4.79 Å². The summed E-state index contributed by atoms with van der Waals surface area (Å²) in [6.07, 6.45) is -0.713. The van der Waals surface area contributed by atoms with Gasteiger partial charge < -0.3 is 16.4 Å². The first-order chi connectivity index (χ1) is 8.52. The summed E-state index contributed by atoms with van der Waals surface area (Å²) >= 11 is 4.43. The lowest BCUT2D eigenvalue weighted by Crippen LogP contribution is -2.19. The van der Waals surface area contributed by atoms with Crippen LogP contribution in [0.2, 0.25) is 1.41 Å². The number of carbonyl (C=O) groups is 1. The minimum atomic E-state index is -0.713. The molecule has 0 saturated heterocycles. The monoisotopic (exact) mass is 268 g/mol. The number of hydrogen-bond acceptors (Lipinski definition) is 3. The Morgan fingerprint density at radius 3 is 1.53 bits per heavy atom. The Morgan fingerprint density at radius 1 is 1.18 bits per heavy atom. The van der Waals surface area contributed by atoms with E-state index < -0.39 is 6.39 Å². The number of hydrogen-bond donors (Lipinski definition) is 3. The molecule has 0 heterocycles. The zero-order valence-corrected chi connectivity index (χ0v) is 11.9. The molecule has 4 nitrogen and oxygen atoms in total. The molecule has 5 heteroatoms. The van der Waals surface area contributed by atoms with Crippen LogP contribution in [-0.2, 0) is 4.79 Å². The summed E-state index contributed by atoms with van der Waals surface area (Å²) < 4.78 is 19.5. The quantitative estimate of drug-likeness (QED) is 0.541. The van der Waals surface area contributed by atoms with E-state index in [9.17, 15) is 4.79 Å². The van der Waals surface area contributed by atoms with Gasteiger partial charge in [0.1, 0.15) is 2.78 Å². The number of nitrogens with one attached hydrogen (secondary N) is 2. The van der Waals surface area contributed by atoms with E-state index in [1.165, 1.54) is 0 Å². The lowest BCUT2D eigenvalue weighted by atomic mass is 10.4. The standard InChI is InChI=1S/C4H9NO.C4H9NS.C3H9N.CH4/c2*1-4(2)5-3-6;1-3(2)4;/h2*3-4H,1-2H3,(H,5,6);3H,4H2,1-2H3;1H4/i2*3D;;/hD. The predicted octanol–water partition coefficient (Wildman–Crippen LogP) is 2.07. The molecule has 0 rings (SSSR count). The van der Waals surface area contributed by atoms with Crippen molar-refractivity contribution in [2.45, 2.75) is 67.1 Å². The van der Waals surface area contributed by atoms with Gasteiger partial charge in [0.25, 0.3) is 0 Å². The van der Waals surface area contributed by atoms with Gasteiger partial charge in [0.2, 0.25) is 6.39 Å². The molecule has 0 aromatic carbocycles. The highest BCUT2D eigenvalue weighted by atomic mass is 32.1. The molecular weight excluding hydrogens is 234 g/mol. The Hall–Kier alpha value is -0.680. The third-order valence-electron chi connectivity index (χ3n) is 0.695. The maximum absolute atomic E-state index is 9.81. The third-order valence-corrected chi connectivity index (χ3v) is 0.813. The van der Waals surface area contributed by atoms with Crippen LogP contribution >= 0.6 is 12.2 Å². The number of rotatable bonds is 3. The van der Waals surface area contributed by atoms with Gasteiger partial charge in [-0.05, 0) is 33.7 Å². The van der Waals surface area contributed by atoms with E-state index in [4.69, 9.17) is 4.15 Å². The van der Waals surface area contributed by atoms with E-state index in [0.717, 1.165) is 0 Å². The molecule has 0 radical (unpaired) electrons. The molecular formula is C12H31N3OS. The Balaban J connectivity index is -0.0000000952. The summed E-state index contributed by atoms with van der Waals surface area (Å²) in [6.45, 7) is 11.4. The number of amides is 1. The second-order valence-corrected chi connectivity index (χ2v) is 4.16. The van der Waals surface area contributed by atoms with Crippen LogP contribution in [0.25, 0.3) is 0 Å². The minimum absolute atomic E-state index is 0. The highest BCUT2D eigenvalue weighted by Gasteiger charge is 1.81. The fraction of sp³-hybridized carbons (Fsp3) is 0.833. The Bertz CT molecular complexity index is 220. The van der Waals surface area contributed by atoms with Crippen molar-refractivity contribution in [1.82, 2.24) is 10.6 Å². The molecule has 106 valence electrons. The molecule has 0 aliphatic carbocycles. The lowest BCUT2D eigenvalue weighted by molar-refractivity contribution is -0.109. The van der Waals surface area contributed by atoms with Gasteiger partial charge in [-0.2, -0.15) is 0 Å². The second kappa shape index (κ2) is 20.7. The van der Waals surface area contributed by atoms with Crippen LogP contribution in [-0.4, -0.2) is 30.0 Å². The smallest absolute Gasteiger partial charge is 0.207 e. The topological polar surface area (TPSA) is 67.2 Å². The summed E-state index contributed by atoms with van der Waals surface area (Å²) in [5.41, 5.74) is 2.40. The molecule has 0 spiro atoms. The van der Waals surface area contributed by atoms with E-state index in [1.54, 1.807) is 0 Å². The highest BCUT2D eigenvalue weighted by molar-refractivity contribution is 7.78. The first-order valence-corrected chi connectivity index (χ1v) is 5.65. The van der Waals surface area contributed by atoms with Crippen molar-refractivity contribution in [2.75, 3.05) is 0 Å². The molecule has 0 bridgehead atoms. The van der Waals surface area contributed by atoms with Crippen molar-refractivity contribution in [1.29, 1.82) is 0 Å². The summed E-state index contributed by atoms with van der Waals surface area (Å²) in [4.78, 5) is 9.81. The fourth-order valence-electron chi connectivity index (χ4n) is 0.236. The molecule has 0 aromatic rings. The predicted molar refractivity (Wildman–Crippen MR) is 82.3 cm³/mol. The lowest BCUT2D eigenvalue weighted by Gasteiger charge is -1.98. The van der Waals surface area contributed by atoms with Gasteiger partial charge in [0.05, 0.1) is 6.84 Å². The summed E-state index contributed by atoms with van der Waals surface area (Å²) in [5.74, 6) is 0. The van der Waals surface area contributed by atoms with Crippen molar-refractivity contribution in [3.63, 3.8) is 0 Å². The van der Waals surface area contributed by atoms with Crippen molar-refractivity contribution < 1.29 is 8.95 Å². The molecule has 0 aliphatic heterocycles. The van der Waals surface area contributed by atoms with Crippen molar-refractivity contribution >= 4 is 24.1 Å². The number of carbonyl (C=O) groups excluding carboxylic acids is 1. The zero-order valence-electron chi connectivity index (χ0n) is 14.0. The average Bonchev–Trinajstić information content (AvgIpc) is 2.14. The van der Waals surface area contributed by atoms with Gasteiger partial charge in [0, 0.05) is 12.1 Å². The van der Waals surface area contributed by atoms with Crippen molar-refractivity contribution in [3.05, 3.63) is 0 Å². The third kappa shape index (κ3) is 96.0. The number of nitrogens with two attached hydrogens (primary N) is 1. The van der Waals surface area contributed by atoms with E-state index >= 15 is 0 Å². The first-order valence-electron chi connectivity index (χ1n) is 6.74. The van der Waals surface area contributed by atoms with Crippen LogP contribution in [0.3, 0.4) is 0 Å². The fourth-order valence-corrected chi connectivity index (χ4v) is 0.471. The normalized spacial score (nSPS) is 10.5. The molecule has 0 unspecified atom stereocenters. The van der Waals surface area contributed by atoms with Crippen LogP contribution in [0.4, 0.5) is 0 Å². The maximum Gasteiger partial charge on any atom is 0.207 e. The molecule has 17 heavy (non-hydrogen) atoms. The Morgan fingerprint density at radius 2 is 1.53 bits per heavy atom. The molecule has 0 aliphatic rings. The largest absolute Gasteiger partial charge is 0.380 e. The summed E-state index contributed by atoms with van der Waals surface area (Å²) in [5, 5.41) is 5.04. The van der Waals surface area contributed by atoms with Crippen LogP contribution in [0, 0.1) is 0 Å². The van der Waals surface area contributed by atoms with Crippen LogP contribution < -0.4 is 16.4 Å². The maximum atomic E-state index is 9.81. The number of thiocarbonyl (C=S) groups is 1. The molecule has 0 fully saturated rings. The van der Waals surface area contributed by atoms with Gasteiger partial charge >= 0.3 is 0 Å². The SMILES string of the molecule is C.[2H]C(=O)NC(C)C.[2H]C(=S)NC(C)C.[2H]NC(C)C. The van der Waals surface area contributed by atoms with Gasteiger partial charge in [-0.25, -0.2) is 0 Å². The van der Waals surface area contributed by atoms with E-state index in [-0.39, 0.29) is 18.9 Å². The molecule has 0 saturated carbocycles. The summed E-state index contributed by atoms with van der Waals surface area (Å²) in [6, 6.07) is 0.685. The average molecular weight is 268 g/mol. The molecule has 0 atom stereocenters.